The Labute approximate surface area is 196 Å². The number of para-hydroxylation sites is 1. The Morgan fingerprint density at radius 3 is 2.35 bits per heavy atom. The van der Waals surface area contributed by atoms with Crippen molar-refractivity contribution in [3.05, 3.63) is 75.1 Å². The van der Waals surface area contributed by atoms with Crippen LogP contribution in [0.1, 0.15) is 31.2 Å². The number of rotatable bonds is 6. The van der Waals surface area contributed by atoms with E-state index in [0.29, 0.717) is 24.3 Å². The third-order valence-electron chi connectivity index (χ3n) is 5.85. The zero-order chi connectivity index (χ0) is 24.3. The Hall–Kier alpha value is -3.44. The van der Waals surface area contributed by atoms with Crippen molar-refractivity contribution < 1.29 is 13.2 Å². The molecule has 180 valence electrons. The molecule has 1 aliphatic rings. The number of carbonyl (C=O) groups excluding carboxylic acids is 1. The molecule has 2 heterocycles. The average Bonchev–Trinajstić information content (AvgIpc) is 3.01. The van der Waals surface area contributed by atoms with E-state index >= 15 is 0 Å². The van der Waals surface area contributed by atoms with Gasteiger partial charge in [0.15, 0.2) is 0 Å². The Balaban J connectivity index is 1.54. The molecule has 1 aromatic heterocycles. The SMILES string of the molecule is Cc1ccc(NC(=O)Cn2c(=O)[nH]n(-c3ccccc3)c2=O)cc1S(=O)(=O)N1CCCCCC1. The molecule has 0 atom stereocenters. The highest BCUT2D eigenvalue weighted by molar-refractivity contribution is 7.89. The second-order valence-electron chi connectivity index (χ2n) is 8.30. The molecular formula is C23H27N5O5S. The number of nitrogens with one attached hydrogen (secondary N) is 2. The monoisotopic (exact) mass is 485 g/mol. The van der Waals surface area contributed by atoms with Gasteiger partial charge in [-0.15, -0.1) is 0 Å². The van der Waals surface area contributed by atoms with Crippen LogP contribution in [0.2, 0.25) is 0 Å². The lowest BCUT2D eigenvalue weighted by Gasteiger charge is -2.21. The van der Waals surface area contributed by atoms with Crippen molar-refractivity contribution in [1.29, 1.82) is 0 Å². The summed E-state index contributed by atoms with van der Waals surface area (Å²) in [5.41, 5.74) is -0.0894. The second kappa shape index (κ2) is 9.82. The fourth-order valence-electron chi connectivity index (χ4n) is 4.02. The normalized spacial score (nSPS) is 15.1. The maximum Gasteiger partial charge on any atom is 0.352 e. The van der Waals surface area contributed by atoms with E-state index in [4.69, 9.17) is 0 Å². The molecule has 0 radical (unpaired) electrons. The van der Waals surface area contributed by atoms with E-state index in [1.54, 1.807) is 49.4 Å². The first kappa shape index (κ1) is 23.7. The number of benzene rings is 2. The minimum Gasteiger partial charge on any atom is -0.324 e. The average molecular weight is 486 g/mol. The van der Waals surface area contributed by atoms with Crippen molar-refractivity contribution in [3.8, 4) is 5.69 Å². The van der Waals surface area contributed by atoms with Crippen LogP contribution in [0.15, 0.2) is 63.0 Å². The molecule has 0 aliphatic carbocycles. The predicted octanol–water partition coefficient (Wildman–Crippen LogP) is 1.84. The lowest BCUT2D eigenvalue weighted by Crippen LogP contribution is -2.34. The van der Waals surface area contributed by atoms with E-state index in [1.807, 2.05) is 0 Å². The molecule has 11 heteroatoms. The number of aromatic nitrogens is 3. The number of anilines is 1. The number of nitrogens with zero attached hydrogens (tertiary/aromatic N) is 3. The van der Waals surface area contributed by atoms with Crippen LogP contribution in [-0.4, -0.2) is 46.1 Å². The van der Waals surface area contributed by atoms with Crippen LogP contribution in [0, 0.1) is 6.92 Å². The number of amides is 1. The summed E-state index contributed by atoms with van der Waals surface area (Å²) in [7, 11) is -3.71. The first-order valence-corrected chi connectivity index (χ1v) is 12.6. The Kier molecular flexibility index (Phi) is 6.85. The summed E-state index contributed by atoms with van der Waals surface area (Å²) in [6.45, 7) is 2.14. The summed E-state index contributed by atoms with van der Waals surface area (Å²) in [5.74, 6) is -0.625. The summed E-state index contributed by atoms with van der Waals surface area (Å²) >= 11 is 0. The van der Waals surface area contributed by atoms with E-state index in [1.165, 1.54) is 10.4 Å². The highest BCUT2D eigenvalue weighted by Gasteiger charge is 2.27. The van der Waals surface area contributed by atoms with E-state index in [-0.39, 0.29) is 10.6 Å². The van der Waals surface area contributed by atoms with Gasteiger partial charge in [0.05, 0.1) is 10.6 Å². The lowest BCUT2D eigenvalue weighted by atomic mass is 10.2. The molecule has 2 N–H and O–H groups in total. The molecule has 4 rings (SSSR count). The van der Waals surface area contributed by atoms with E-state index < -0.39 is 33.9 Å². The van der Waals surface area contributed by atoms with Gasteiger partial charge < -0.3 is 5.32 Å². The molecule has 34 heavy (non-hydrogen) atoms. The molecule has 2 aromatic carbocycles. The number of H-pyrrole nitrogens is 1. The van der Waals surface area contributed by atoms with Crippen molar-refractivity contribution in [2.75, 3.05) is 18.4 Å². The van der Waals surface area contributed by atoms with Gasteiger partial charge in [-0.3, -0.25) is 4.79 Å². The first-order valence-electron chi connectivity index (χ1n) is 11.2. The molecule has 1 fully saturated rings. The quantitative estimate of drug-likeness (QED) is 0.551. The van der Waals surface area contributed by atoms with Gasteiger partial charge in [0.25, 0.3) is 0 Å². The van der Waals surface area contributed by atoms with Gasteiger partial charge in [-0.25, -0.2) is 32.4 Å². The summed E-state index contributed by atoms with van der Waals surface area (Å²) in [4.78, 5) is 37.7. The van der Waals surface area contributed by atoms with Gasteiger partial charge in [-0.05, 0) is 49.6 Å². The third-order valence-corrected chi connectivity index (χ3v) is 7.89. The molecule has 10 nitrogen and oxygen atoms in total. The van der Waals surface area contributed by atoms with Crippen LogP contribution in [-0.2, 0) is 21.4 Å². The Morgan fingerprint density at radius 2 is 1.68 bits per heavy atom. The van der Waals surface area contributed by atoms with Gasteiger partial charge in [-0.2, -0.15) is 4.31 Å². The summed E-state index contributed by atoms with van der Waals surface area (Å²) < 4.78 is 29.8. The maximum atomic E-state index is 13.2. The predicted molar refractivity (Wildman–Crippen MR) is 128 cm³/mol. The van der Waals surface area contributed by atoms with Crippen molar-refractivity contribution in [3.63, 3.8) is 0 Å². The maximum absolute atomic E-state index is 13.2. The summed E-state index contributed by atoms with van der Waals surface area (Å²) in [5, 5.41) is 5.03. The number of aryl methyl sites for hydroxylation is 1. The minimum atomic E-state index is -3.71. The second-order valence-corrected chi connectivity index (χ2v) is 10.2. The first-order chi connectivity index (χ1) is 16.3. The highest BCUT2D eigenvalue weighted by Crippen LogP contribution is 2.25. The minimum absolute atomic E-state index is 0.137. The zero-order valence-electron chi connectivity index (χ0n) is 18.9. The van der Waals surface area contributed by atoms with Gasteiger partial charge >= 0.3 is 11.4 Å². The van der Waals surface area contributed by atoms with E-state index in [2.05, 4.69) is 10.4 Å². The Morgan fingerprint density at radius 1 is 1.00 bits per heavy atom. The van der Waals surface area contributed by atoms with Crippen LogP contribution < -0.4 is 16.7 Å². The van der Waals surface area contributed by atoms with Crippen LogP contribution >= 0.6 is 0 Å². The summed E-state index contributed by atoms with van der Waals surface area (Å²) in [6.07, 6.45) is 3.65. The van der Waals surface area contributed by atoms with Crippen LogP contribution in [0.5, 0.6) is 0 Å². The molecule has 1 aliphatic heterocycles. The lowest BCUT2D eigenvalue weighted by molar-refractivity contribution is -0.116. The molecule has 0 bridgehead atoms. The summed E-state index contributed by atoms with van der Waals surface area (Å²) in [6, 6.07) is 13.2. The number of sulfonamides is 1. The highest BCUT2D eigenvalue weighted by atomic mass is 32.2. The van der Waals surface area contributed by atoms with Crippen LogP contribution in [0.3, 0.4) is 0 Å². The number of hydrogen-bond donors (Lipinski definition) is 2. The van der Waals surface area contributed by atoms with E-state index in [0.717, 1.165) is 34.9 Å². The molecule has 0 spiro atoms. The largest absolute Gasteiger partial charge is 0.352 e. The van der Waals surface area contributed by atoms with Crippen LogP contribution in [0.4, 0.5) is 5.69 Å². The number of hydrogen-bond acceptors (Lipinski definition) is 5. The molecule has 0 saturated carbocycles. The van der Waals surface area contributed by atoms with Gasteiger partial charge in [0.2, 0.25) is 15.9 Å². The molecule has 0 unspecified atom stereocenters. The molecular weight excluding hydrogens is 458 g/mol. The van der Waals surface area contributed by atoms with Crippen molar-refractivity contribution in [2.24, 2.45) is 0 Å². The van der Waals surface area contributed by atoms with Crippen LogP contribution in [0.25, 0.3) is 5.69 Å². The number of aromatic amines is 1. The number of carbonyl (C=O) groups is 1. The van der Waals surface area contributed by atoms with Crippen molar-refractivity contribution in [1.82, 2.24) is 18.7 Å². The standard InChI is InChI=1S/C23H27N5O5S/c1-17-11-12-18(15-20(17)34(32,33)26-13-7-2-3-8-14-26)24-21(29)16-27-22(30)25-28(23(27)31)19-9-5-4-6-10-19/h4-6,9-12,15H,2-3,7-8,13-14,16H2,1H3,(H,24,29)(H,25,30). The van der Waals surface area contributed by atoms with E-state index in [9.17, 15) is 22.8 Å². The molecule has 1 amide bonds. The fourth-order valence-corrected chi connectivity index (χ4v) is 5.79. The molecule has 3 aromatic rings. The van der Waals surface area contributed by atoms with Gasteiger partial charge in [0.1, 0.15) is 6.54 Å². The van der Waals surface area contributed by atoms with Gasteiger partial charge in [-0.1, -0.05) is 37.1 Å². The van der Waals surface area contributed by atoms with Gasteiger partial charge in [0, 0.05) is 18.8 Å². The van der Waals surface area contributed by atoms with Crippen molar-refractivity contribution in [2.45, 2.75) is 44.0 Å². The van der Waals surface area contributed by atoms with Crippen molar-refractivity contribution >= 4 is 21.6 Å². The smallest absolute Gasteiger partial charge is 0.324 e. The Bertz CT molecular complexity index is 1400. The zero-order valence-corrected chi connectivity index (χ0v) is 19.7. The molecule has 1 saturated heterocycles. The third kappa shape index (κ3) is 4.90. The fraction of sp³-hybridized carbons (Fsp3) is 0.348. The topological polar surface area (TPSA) is 126 Å².